The maximum absolute atomic E-state index is 12.1. The van der Waals surface area contributed by atoms with Crippen molar-refractivity contribution in [3.63, 3.8) is 0 Å². The first-order valence-corrected chi connectivity index (χ1v) is 16.1. The van der Waals surface area contributed by atoms with Crippen LogP contribution < -0.4 is 10.5 Å². The Kier molecular flexibility index (Phi) is 13.7. The van der Waals surface area contributed by atoms with Crippen molar-refractivity contribution in [2.45, 2.75) is 72.6 Å². The van der Waals surface area contributed by atoms with Gasteiger partial charge in [-0.1, -0.05) is 23.1 Å². The topological polar surface area (TPSA) is 294 Å². The highest BCUT2D eigenvalue weighted by molar-refractivity contribution is 8.13. The zero-order valence-electron chi connectivity index (χ0n) is 22.2. The molecule has 236 valence electrons. The molecular weight excluding hydrogens is 636 g/mol. The normalized spacial score (nSPS) is 21.2. The average molecular weight is 665 g/mol. The summed E-state index contributed by atoms with van der Waals surface area (Å²) in [6.45, 7) is 0. The van der Waals surface area contributed by atoms with Crippen molar-refractivity contribution in [3.05, 3.63) is 79.8 Å². The van der Waals surface area contributed by atoms with Crippen molar-refractivity contribution < 1.29 is 36.5 Å². The van der Waals surface area contributed by atoms with Gasteiger partial charge >= 0.3 is 0 Å². The van der Waals surface area contributed by atoms with Gasteiger partial charge in [-0.05, 0) is 85.3 Å². The average Bonchev–Trinajstić information content (AvgIpc) is 3.57. The lowest BCUT2D eigenvalue weighted by atomic mass is 10.2. The number of aliphatic hydroxyl groups is 1. The first-order chi connectivity index (χ1) is 20.2. The van der Waals surface area contributed by atoms with Crippen LogP contribution in [0.3, 0.4) is 0 Å². The third-order valence-electron chi connectivity index (χ3n) is 6.22. The van der Waals surface area contributed by atoms with E-state index < -0.39 is 31.3 Å². The van der Waals surface area contributed by atoms with E-state index in [-0.39, 0.29) is 43.8 Å². The van der Waals surface area contributed by atoms with E-state index in [1.807, 2.05) is 0 Å². The van der Waals surface area contributed by atoms with Gasteiger partial charge in [0.2, 0.25) is 0 Å². The molecule has 2 aliphatic rings. The van der Waals surface area contributed by atoms with Crippen LogP contribution in [0.25, 0.3) is 20.9 Å². The third-order valence-corrected chi connectivity index (χ3v) is 8.94. The van der Waals surface area contributed by atoms with Gasteiger partial charge < -0.3 is 25.9 Å². The predicted octanol–water partition coefficient (Wildman–Crippen LogP) is 3.34. The summed E-state index contributed by atoms with van der Waals surface area (Å²) in [4.78, 5) is 5.12. The molecule has 2 aromatic carbocycles. The number of anilines is 2. The molecule has 0 heterocycles. The van der Waals surface area contributed by atoms with Crippen molar-refractivity contribution in [1.29, 1.82) is 0 Å². The number of rotatable bonds is 8. The summed E-state index contributed by atoms with van der Waals surface area (Å²) < 4.78 is 50.8. The summed E-state index contributed by atoms with van der Waals surface area (Å²) in [7, 11) is -2.73. The van der Waals surface area contributed by atoms with E-state index in [1.54, 1.807) is 0 Å². The van der Waals surface area contributed by atoms with E-state index in [1.165, 1.54) is 36.4 Å². The van der Waals surface area contributed by atoms with Gasteiger partial charge in [-0.2, -0.15) is 18.9 Å². The largest absolute Gasteiger partial charge is 0.694 e. The lowest BCUT2D eigenvalue weighted by molar-refractivity contribution is 0.165. The van der Waals surface area contributed by atoms with Crippen molar-refractivity contribution in [1.82, 2.24) is 0 Å². The van der Waals surface area contributed by atoms with Crippen LogP contribution in [0.1, 0.15) is 38.5 Å². The summed E-state index contributed by atoms with van der Waals surface area (Å²) in [6, 6.07) is 8.91. The fourth-order valence-corrected chi connectivity index (χ4v) is 5.95. The van der Waals surface area contributed by atoms with Gasteiger partial charge in [0.1, 0.15) is 0 Å². The molecule has 0 amide bonds. The van der Waals surface area contributed by atoms with Crippen LogP contribution in [0.5, 0.6) is 0 Å². The molecule has 43 heavy (non-hydrogen) atoms. The maximum atomic E-state index is 12.1. The van der Waals surface area contributed by atoms with E-state index in [0.29, 0.717) is 12.8 Å². The summed E-state index contributed by atoms with van der Waals surface area (Å²) in [5, 5.41) is 50.4. The van der Waals surface area contributed by atoms with Gasteiger partial charge in [0, 0.05) is 20.5 Å². The summed E-state index contributed by atoms with van der Waals surface area (Å²) in [5.41, 5.74) is 16.5. The van der Waals surface area contributed by atoms with Gasteiger partial charge in [0.15, 0.2) is 0 Å². The van der Waals surface area contributed by atoms with Crippen LogP contribution in [0.4, 0.5) is 11.4 Å². The maximum Gasteiger partial charge on any atom is 0.297 e. The van der Waals surface area contributed by atoms with Crippen molar-refractivity contribution in [2.24, 2.45) is 10.2 Å². The summed E-state index contributed by atoms with van der Waals surface area (Å²) in [5.74, 6) is 0. The van der Waals surface area contributed by atoms with Crippen LogP contribution in [0.15, 0.2) is 68.6 Å². The summed E-state index contributed by atoms with van der Waals surface area (Å²) in [6.07, 6.45) is 3.36. The fourth-order valence-electron chi connectivity index (χ4n) is 4.05. The van der Waals surface area contributed by atoms with Crippen molar-refractivity contribution in [3.8, 4) is 0 Å². The van der Waals surface area contributed by atoms with Gasteiger partial charge in [-0.3, -0.25) is 4.18 Å². The number of azide groups is 2. The van der Waals surface area contributed by atoms with Gasteiger partial charge in [0.25, 0.3) is 19.2 Å². The number of hydrogen-bond donors (Lipinski definition) is 1. The van der Waals surface area contributed by atoms with Crippen molar-refractivity contribution in [2.75, 3.05) is 10.5 Å². The number of hydrogen-bond acceptors (Lipinski definition) is 12. The van der Waals surface area contributed by atoms with E-state index in [2.05, 4.69) is 20.1 Å². The van der Waals surface area contributed by atoms with Crippen LogP contribution in [-0.2, 0) is 23.4 Å². The molecule has 4 rings (SSSR count). The Balaban J connectivity index is 0.000000249. The van der Waals surface area contributed by atoms with Crippen LogP contribution >= 0.6 is 10.7 Å². The molecule has 0 aromatic heterocycles. The zero-order chi connectivity index (χ0) is 32.2. The molecule has 0 spiro atoms. The second-order valence-corrected chi connectivity index (χ2v) is 13.2. The molecular formula is C22H29ClN8O10S2. The van der Waals surface area contributed by atoms with Gasteiger partial charge in [-0.15, -0.1) is 0 Å². The molecule has 0 saturated heterocycles. The zero-order valence-corrected chi connectivity index (χ0v) is 24.6. The lowest BCUT2D eigenvalue weighted by Crippen LogP contribution is -2.24. The Morgan fingerprint density at radius 1 is 0.814 bits per heavy atom. The number of aliphatic hydroxyl groups excluding tert-OH is 1. The molecule has 18 nitrogen and oxygen atoms in total. The number of benzene rings is 2. The van der Waals surface area contributed by atoms with E-state index in [0.717, 1.165) is 37.8 Å². The Morgan fingerprint density at radius 3 is 1.67 bits per heavy atom. The molecule has 2 fully saturated rings. The molecule has 5 N–H and O–H groups in total. The molecule has 0 unspecified atom stereocenters. The third kappa shape index (κ3) is 11.3. The first kappa shape index (κ1) is 35.8. The van der Waals surface area contributed by atoms with Crippen LogP contribution in [0.2, 0.25) is 0 Å². The Labute approximate surface area is 250 Å². The minimum absolute atomic E-state index is 0.0155. The Morgan fingerprint density at radius 2 is 1.26 bits per heavy atom. The minimum atomic E-state index is -4.00. The molecule has 2 saturated carbocycles. The molecule has 21 heteroatoms. The van der Waals surface area contributed by atoms with Gasteiger partial charge in [-0.25, -0.2) is 8.42 Å². The second-order valence-electron chi connectivity index (χ2n) is 9.08. The molecule has 0 radical (unpaired) electrons. The highest BCUT2D eigenvalue weighted by Crippen LogP contribution is 2.29. The number of nitrogens with zero attached hydrogens (tertiary/aromatic N) is 8. The second kappa shape index (κ2) is 16.5. The Bertz CT molecular complexity index is 1500. The predicted molar refractivity (Wildman–Crippen MR) is 156 cm³/mol. The highest BCUT2D eigenvalue weighted by atomic mass is 35.7. The Hall–Kier alpha value is -3.39. The minimum Gasteiger partial charge on any atom is -0.694 e. The van der Waals surface area contributed by atoms with Crippen LogP contribution in [0, 0.1) is 10.4 Å². The molecule has 2 aliphatic carbocycles. The van der Waals surface area contributed by atoms with Crippen LogP contribution in [-0.4, -0.2) is 56.6 Å². The van der Waals surface area contributed by atoms with E-state index >= 15 is 0 Å². The smallest absolute Gasteiger partial charge is 0.297 e. The molecule has 2 aromatic rings. The quantitative estimate of drug-likeness (QED) is 0.0815. The summed E-state index contributed by atoms with van der Waals surface area (Å²) >= 11 is 0. The SMILES string of the molecule is O=S(=O)(Cl)c1ccc(N([O-])[OH2+])cc1.[N-]=[N+]=N[C@@H]1CCC[C@H]1O.[N-]=[N+]=N[C@@H]1CCC[C@H]1OS(=O)(=O)c1ccc(N([O-])[OH2+])cc1. The first-order valence-electron chi connectivity index (χ1n) is 12.4. The molecule has 0 aliphatic heterocycles. The lowest BCUT2D eigenvalue weighted by Gasteiger charge is -2.17. The fraction of sp³-hybridized carbons (Fsp3) is 0.455. The van der Waals surface area contributed by atoms with Gasteiger partial charge in [0.05, 0.1) is 45.5 Å². The molecule has 0 bridgehead atoms. The highest BCUT2D eigenvalue weighted by Gasteiger charge is 2.32. The monoisotopic (exact) mass is 664 g/mol. The molecule has 4 atom stereocenters. The number of halogens is 1. The van der Waals surface area contributed by atoms with E-state index in [4.69, 9.17) is 41.4 Å². The standard InChI is InChI=1S/C11H13N4O5S.C6H5ClNO4S.C5H9N3O/c12-14-13-10-2-1-3-11(10)20-21(18,19)9-6-4-8(5-7-9)15(16)17;7-13(11,12)6-3-1-5(2-4-6)8(9)10;6-8-7-4-2-1-3-5(4)9/h4-7,10-11,16H,1-3H2;1-4,9H;4-5,9H,1-3H2/q2*-1;/p+2/t10-,11-;;4-,5-/m1.1/s1. The van der Waals surface area contributed by atoms with Crippen molar-refractivity contribution >= 4 is 41.2 Å². The van der Waals surface area contributed by atoms with E-state index in [9.17, 15) is 27.3 Å².